The molecular weight excluding hydrogens is 266 g/mol. The van der Waals surface area contributed by atoms with E-state index in [0.29, 0.717) is 0 Å². The Morgan fingerprint density at radius 2 is 1.52 bits per heavy atom. The van der Waals surface area contributed by atoms with Gasteiger partial charge in [-0.15, -0.1) is 0 Å². The van der Waals surface area contributed by atoms with E-state index in [9.17, 15) is 9.59 Å². The number of rotatable bonds is 4. The van der Waals surface area contributed by atoms with Crippen LogP contribution in [0, 0.1) is 29.1 Å². The third-order valence-electron chi connectivity index (χ3n) is 5.90. The van der Waals surface area contributed by atoms with E-state index in [1.807, 2.05) is 13.8 Å². The van der Waals surface area contributed by atoms with Crippen LogP contribution in [-0.4, -0.2) is 17.9 Å². The van der Waals surface area contributed by atoms with Gasteiger partial charge in [0.05, 0.1) is 0 Å². The summed E-state index contributed by atoms with van der Waals surface area (Å²) in [6.45, 7) is 3.86. The average molecular weight is 293 g/mol. The summed E-state index contributed by atoms with van der Waals surface area (Å²) in [6, 6.07) is -0.532. The van der Waals surface area contributed by atoms with Crippen molar-refractivity contribution in [1.29, 1.82) is 0 Å². The second kappa shape index (κ2) is 5.27. The van der Waals surface area contributed by atoms with Crippen molar-refractivity contribution < 1.29 is 9.59 Å². The van der Waals surface area contributed by atoms with E-state index < -0.39 is 6.04 Å². The van der Waals surface area contributed by atoms with Crippen molar-refractivity contribution in [3.63, 3.8) is 0 Å². The second-order valence-corrected chi connectivity index (χ2v) is 7.90. The van der Waals surface area contributed by atoms with E-state index in [2.05, 4.69) is 10.7 Å². The molecule has 4 rings (SSSR count). The molecule has 0 saturated heterocycles. The van der Waals surface area contributed by atoms with Gasteiger partial charge in [0.25, 0.3) is 5.91 Å². The maximum atomic E-state index is 12.9. The number of hydrogen-bond acceptors (Lipinski definition) is 3. The molecule has 0 aromatic heterocycles. The molecule has 0 unspecified atom stereocenters. The second-order valence-electron chi connectivity index (χ2n) is 7.90. The number of carbonyl (C=O) groups is 2. The molecule has 4 aliphatic carbocycles. The molecule has 0 radical (unpaired) electrons. The van der Waals surface area contributed by atoms with E-state index in [4.69, 9.17) is 5.84 Å². The maximum Gasteiger partial charge on any atom is 0.256 e. The van der Waals surface area contributed by atoms with Crippen LogP contribution in [0.4, 0.5) is 0 Å². The predicted molar refractivity (Wildman–Crippen MR) is 79.7 cm³/mol. The lowest BCUT2D eigenvalue weighted by molar-refractivity contribution is -0.149. The van der Waals surface area contributed by atoms with Crippen LogP contribution in [0.15, 0.2) is 0 Å². The van der Waals surface area contributed by atoms with Crippen LogP contribution in [0.1, 0.15) is 52.4 Å². The normalized spacial score (nSPS) is 38.4. The standard InChI is InChI=1S/C16H27N3O2/c1-9(2)13(14(20)19-17)18-15(21)16-6-10-3-11(7-16)5-12(4-10)8-16/h9-13H,3-8,17H2,1-2H3,(H,18,21)(H,19,20)/t10?,11?,12?,13-,16?/m1/s1. The van der Waals surface area contributed by atoms with Crippen molar-refractivity contribution >= 4 is 11.8 Å². The van der Waals surface area contributed by atoms with Crippen LogP contribution in [0.5, 0.6) is 0 Å². The smallest absolute Gasteiger partial charge is 0.256 e. The van der Waals surface area contributed by atoms with Gasteiger partial charge in [-0.1, -0.05) is 13.8 Å². The Kier molecular flexibility index (Phi) is 3.72. The minimum atomic E-state index is -0.532. The molecule has 4 aliphatic rings. The van der Waals surface area contributed by atoms with E-state index in [-0.39, 0.29) is 23.1 Å². The summed E-state index contributed by atoms with van der Waals surface area (Å²) in [5.74, 6) is 7.23. The van der Waals surface area contributed by atoms with Crippen molar-refractivity contribution in [2.24, 2.45) is 34.9 Å². The molecule has 5 nitrogen and oxygen atoms in total. The molecule has 0 heterocycles. The van der Waals surface area contributed by atoms with Gasteiger partial charge in [-0.3, -0.25) is 15.0 Å². The zero-order valence-electron chi connectivity index (χ0n) is 13.0. The molecule has 0 aliphatic heterocycles. The number of nitrogens with one attached hydrogen (secondary N) is 2. The highest BCUT2D eigenvalue weighted by Gasteiger charge is 2.55. The minimum Gasteiger partial charge on any atom is -0.344 e. The van der Waals surface area contributed by atoms with Gasteiger partial charge in [-0.2, -0.15) is 0 Å². The van der Waals surface area contributed by atoms with Crippen LogP contribution < -0.4 is 16.6 Å². The first kappa shape index (κ1) is 14.8. The number of hydrazine groups is 1. The molecule has 0 aromatic rings. The van der Waals surface area contributed by atoms with Gasteiger partial charge < -0.3 is 5.32 Å². The first-order valence-electron chi connectivity index (χ1n) is 8.25. The summed E-state index contributed by atoms with van der Waals surface area (Å²) >= 11 is 0. The fourth-order valence-corrected chi connectivity index (χ4v) is 5.31. The summed E-state index contributed by atoms with van der Waals surface area (Å²) in [5, 5.41) is 2.99. The third-order valence-corrected chi connectivity index (χ3v) is 5.90. The first-order chi connectivity index (χ1) is 9.93. The summed E-state index contributed by atoms with van der Waals surface area (Å²) in [6.07, 6.45) is 6.97. The van der Waals surface area contributed by atoms with Gasteiger partial charge in [-0.25, -0.2) is 5.84 Å². The number of amides is 2. The van der Waals surface area contributed by atoms with Crippen molar-refractivity contribution in [2.45, 2.75) is 58.4 Å². The van der Waals surface area contributed by atoms with Gasteiger partial charge >= 0.3 is 0 Å². The van der Waals surface area contributed by atoms with E-state index in [1.165, 1.54) is 19.3 Å². The molecule has 21 heavy (non-hydrogen) atoms. The highest BCUT2D eigenvalue weighted by atomic mass is 16.2. The van der Waals surface area contributed by atoms with Gasteiger partial charge in [0.2, 0.25) is 5.91 Å². The molecule has 4 N–H and O–H groups in total. The van der Waals surface area contributed by atoms with Gasteiger partial charge in [0.15, 0.2) is 0 Å². The predicted octanol–water partition coefficient (Wildman–Crippen LogP) is 1.33. The monoisotopic (exact) mass is 293 g/mol. The average Bonchev–Trinajstić information content (AvgIpc) is 2.41. The largest absolute Gasteiger partial charge is 0.344 e. The van der Waals surface area contributed by atoms with E-state index in [0.717, 1.165) is 37.0 Å². The zero-order chi connectivity index (χ0) is 15.2. The molecule has 4 saturated carbocycles. The molecule has 2 amide bonds. The molecule has 0 aromatic carbocycles. The Bertz CT molecular complexity index is 412. The molecule has 0 spiro atoms. The number of hydrogen-bond donors (Lipinski definition) is 3. The fraction of sp³-hybridized carbons (Fsp3) is 0.875. The van der Waals surface area contributed by atoms with Crippen LogP contribution in [0.2, 0.25) is 0 Å². The van der Waals surface area contributed by atoms with Crippen LogP contribution in [-0.2, 0) is 9.59 Å². The summed E-state index contributed by atoms with van der Waals surface area (Å²) in [4.78, 5) is 24.8. The van der Waals surface area contributed by atoms with Gasteiger partial charge in [0, 0.05) is 5.41 Å². The van der Waals surface area contributed by atoms with Crippen molar-refractivity contribution in [1.82, 2.24) is 10.7 Å². The van der Waals surface area contributed by atoms with Crippen molar-refractivity contribution in [3.8, 4) is 0 Å². The topological polar surface area (TPSA) is 84.2 Å². The van der Waals surface area contributed by atoms with Gasteiger partial charge in [-0.05, 0) is 62.2 Å². The van der Waals surface area contributed by atoms with Crippen LogP contribution in [0.25, 0.3) is 0 Å². The molecule has 4 bridgehead atoms. The summed E-state index contributed by atoms with van der Waals surface area (Å²) in [7, 11) is 0. The Hall–Kier alpha value is -1.10. The maximum absolute atomic E-state index is 12.9. The lowest BCUT2D eigenvalue weighted by Gasteiger charge is -2.55. The molecule has 4 fully saturated rings. The highest BCUT2D eigenvalue weighted by Crippen LogP contribution is 2.60. The SMILES string of the molecule is CC(C)[C@@H](NC(=O)C12CC3CC(CC(C3)C1)C2)C(=O)NN. The number of nitrogens with two attached hydrogens (primary N) is 1. The molecule has 5 heteroatoms. The van der Waals surface area contributed by atoms with Crippen LogP contribution in [0.3, 0.4) is 0 Å². The number of carbonyl (C=O) groups excluding carboxylic acids is 2. The molecular formula is C16H27N3O2. The Morgan fingerprint density at radius 3 is 1.90 bits per heavy atom. The fourth-order valence-electron chi connectivity index (χ4n) is 5.31. The third kappa shape index (κ3) is 2.56. The summed E-state index contributed by atoms with van der Waals surface area (Å²) in [5.41, 5.74) is 1.96. The zero-order valence-corrected chi connectivity index (χ0v) is 13.0. The van der Waals surface area contributed by atoms with E-state index >= 15 is 0 Å². The van der Waals surface area contributed by atoms with Crippen molar-refractivity contribution in [2.75, 3.05) is 0 Å². The Morgan fingerprint density at radius 1 is 1.05 bits per heavy atom. The molecule has 1 atom stereocenters. The van der Waals surface area contributed by atoms with Gasteiger partial charge in [0.1, 0.15) is 6.04 Å². The Labute approximate surface area is 126 Å². The molecule has 118 valence electrons. The minimum absolute atomic E-state index is 0.0337. The quantitative estimate of drug-likeness (QED) is 0.415. The van der Waals surface area contributed by atoms with E-state index in [1.54, 1.807) is 0 Å². The van der Waals surface area contributed by atoms with Crippen molar-refractivity contribution in [3.05, 3.63) is 0 Å². The lowest BCUT2D eigenvalue weighted by atomic mass is 9.49. The highest BCUT2D eigenvalue weighted by molar-refractivity contribution is 5.90. The first-order valence-corrected chi connectivity index (χ1v) is 8.25. The lowest BCUT2D eigenvalue weighted by Crippen LogP contribution is -2.59. The van der Waals surface area contributed by atoms with Crippen LogP contribution >= 0.6 is 0 Å². The summed E-state index contributed by atoms with van der Waals surface area (Å²) < 4.78 is 0. The Balaban J connectivity index is 1.74.